The third-order valence-corrected chi connectivity index (χ3v) is 7.21. The average molecular weight is 481 g/mol. The maximum Gasteiger partial charge on any atom is 0.348 e. The van der Waals surface area contributed by atoms with Crippen LogP contribution in [0.5, 0.6) is 0 Å². The highest BCUT2D eigenvalue weighted by molar-refractivity contribution is 7.21. The lowest BCUT2D eigenvalue weighted by Gasteiger charge is -2.34. The summed E-state index contributed by atoms with van der Waals surface area (Å²) >= 11 is 1.13. The van der Waals surface area contributed by atoms with Crippen molar-refractivity contribution in [1.82, 2.24) is 15.3 Å². The van der Waals surface area contributed by atoms with E-state index in [-0.39, 0.29) is 10.9 Å². The van der Waals surface area contributed by atoms with Gasteiger partial charge in [-0.25, -0.2) is 14.8 Å². The number of aliphatic hydroxyl groups is 1. The number of pyridine rings is 2. The minimum Gasteiger partial charge on any atom is -0.477 e. The number of nitrogens with zero attached hydrogens (tertiary/aromatic N) is 4. The fourth-order valence-corrected chi connectivity index (χ4v) is 5.34. The van der Waals surface area contributed by atoms with E-state index in [2.05, 4.69) is 22.1 Å². The highest BCUT2D eigenvalue weighted by Gasteiger charge is 2.24. The fraction of sp³-hybridized carbons (Fsp3) is 0.417. The van der Waals surface area contributed by atoms with E-state index < -0.39 is 12.1 Å². The quantitative estimate of drug-likeness (QED) is 0.381. The number of aryl methyl sites for hydroxylation is 1. The predicted molar refractivity (Wildman–Crippen MR) is 132 cm³/mol. The van der Waals surface area contributed by atoms with Gasteiger partial charge in [0.15, 0.2) is 0 Å². The summed E-state index contributed by atoms with van der Waals surface area (Å²) in [5.41, 5.74) is 8.29. The molecule has 3 aromatic heterocycles. The molecule has 0 radical (unpaired) electrons. The number of nitrogens with one attached hydrogen (secondary N) is 1. The Bertz CT molecular complexity index is 1230. The molecule has 1 aliphatic heterocycles. The molecule has 34 heavy (non-hydrogen) atoms. The summed E-state index contributed by atoms with van der Waals surface area (Å²) in [6.07, 6.45) is 2.72. The lowest BCUT2D eigenvalue weighted by molar-refractivity contribution is 0.0703. The monoisotopic (exact) mass is 480 g/mol. The molecule has 5 N–H and O–H groups in total. The molecule has 1 saturated heterocycles. The van der Waals surface area contributed by atoms with Crippen molar-refractivity contribution in [2.45, 2.75) is 44.8 Å². The minimum atomic E-state index is -1.02. The maximum absolute atomic E-state index is 11.6. The number of nitrogens with two attached hydrogens (primary N) is 1. The van der Waals surface area contributed by atoms with E-state index in [4.69, 9.17) is 16.0 Å². The Hall–Kier alpha value is -3.26. The van der Waals surface area contributed by atoms with Crippen LogP contribution in [0.2, 0.25) is 0 Å². The van der Waals surface area contributed by atoms with Crippen molar-refractivity contribution in [2.75, 3.05) is 30.3 Å². The van der Waals surface area contributed by atoms with Crippen LogP contribution < -0.4 is 16.0 Å². The summed E-state index contributed by atoms with van der Waals surface area (Å²) < 4.78 is 0. The number of carbonyl (C=O) groups is 1. The van der Waals surface area contributed by atoms with Gasteiger partial charge in [0.05, 0.1) is 11.4 Å². The van der Waals surface area contributed by atoms with Gasteiger partial charge in [0.1, 0.15) is 33.4 Å². The van der Waals surface area contributed by atoms with E-state index in [1.165, 1.54) is 0 Å². The second kappa shape index (κ2) is 10.3. The summed E-state index contributed by atoms with van der Waals surface area (Å²) in [6.45, 7) is 4.05. The van der Waals surface area contributed by atoms with Crippen LogP contribution in [-0.2, 0) is 6.42 Å². The van der Waals surface area contributed by atoms with Gasteiger partial charge in [-0.1, -0.05) is 19.4 Å². The number of aliphatic hydroxyl groups excluding tert-OH is 1. The molecular weight excluding hydrogens is 452 g/mol. The van der Waals surface area contributed by atoms with Gasteiger partial charge in [0.2, 0.25) is 0 Å². The number of hydrogen-bond donors (Lipinski definition) is 4. The van der Waals surface area contributed by atoms with E-state index in [1.807, 2.05) is 12.1 Å². The Labute approximate surface area is 201 Å². The molecule has 0 aliphatic carbocycles. The number of anilines is 2. The minimum absolute atomic E-state index is 0.147. The van der Waals surface area contributed by atoms with E-state index in [1.54, 1.807) is 18.2 Å². The molecule has 1 aliphatic rings. The van der Waals surface area contributed by atoms with Crippen LogP contribution in [0.4, 0.5) is 11.5 Å². The van der Waals surface area contributed by atoms with Crippen molar-refractivity contribution in [3.05, 3.63) is 46.1 Å². The zero-order valence-electron chi connectivity index (χ0n) is 19.0. The number of carboxylic acids is 1. The predicted octanol–water partition coefficient (Wildman–Crippen LogP) is 3.09. The maximum atomic E-state index is 11.6. The number of fused-ring (bicyclic) bond motifs is 1. The molecule has 9 nitrogen and oxygen atoms in total. The number of nitrogen functional groups attached to an aromatic ring is 1. The van der Waals surface area contributed by atoms with E-state index in [9.17, 15) is 15.0 Å². The summed E-state index contributed by atoms with van der Waals surface area (Å²) in [4.78, 5) is 23.5. The molecule has 0 amide bonds. The smallest absolute Gasteiger partial charge is 0.348 e. The average Bonchev–Trinajstić information content (AvgIpc) is 3.20. The SMILES string of the molecule is CCCc1cc(N2CCC(NCC(O)c3cccc(C#N)n3)CC2)nc2sc(C(=O)O)c(N)c12. The van der Waals surface area contributed by atoms with Gasteiger partial charge in [-0.3, -0.25) is 0 Å². The van der Waals surface area contributed by atoms with Crippen LogP contribution >= 0.6 is 11.3 Å². The van der Waals surface area contributed by atoms with Crippen LogP contribution in [0.3, 0.4) is 0 Å². The van der Waals surface area contributed by atoms with Gasteiger partial charge in [-0.15, -0.1) is 11.3 Å². The van der Waals surface area contributed by atoms with Gasteiger partial charge in [0, 0.05) is 31.1 Å². The molecule has 0 spiro atoms. The number of piperidine rings is 1. The number of carboxylic acid groups (broad SMARTS) is 1. The van der Waals surface area contributed by atoms with Gasteiger partial charge in [-0.2, -0.15) is 5.26 Å². The number of thiophene rings is 1. The van der Waals surface area contributed by atoms with Crippen molar-refractivity contribution in [2.24, 2.45) is 0 Å². The summed E-state index contributed by atoms with van der Waals surface area (Å²) in [5.74, 6) is -0.168. The van der Waals surface area contributed by atoms with Crippen LogP contribution in [0.25, 0.3) is 10.2 Å². The number of aromatic nitrogens is 2. The van der Waals surface area contributed by atoms with Crippen LogP contribution in [-0.4, -0.2) is 51.8 Å². The number of hydrogen-bond acceptors (Lipinski definition) is 9. The molecule has 1 fully saturated rings. The van der Waals surface area contributed by atoms with Crippen molar-refractivity contribution in [1.29, 1.82) is 5.26 Å². The summed E-state index contributed by atoms with van der Waals surface area (Å²) in [5, 5.41) is 33.1. The fourth-order valence-electron chi connectivity index (χ4n) is 4.37. The summed E-state index contributed by atoms with van der Waals surface area (Å²) in [6, 6.07) is 9.35. The van der Waals surface area contributed by atoms with Crippen LogP contribution in [0.15, 0.2) is 24.3 Å². The first kappa shape index (κ1) is 23.9. The first-order valence-electron chi connectivity index (χ1n) is 11.4. The highest BCUT2D eigenvalue weighted by atomic mass is 32.1. The van der Waals surface area contributed by atoms with Crippen molar-refractivity contribution in [3.8, 4) is 6.07 Å². The Morgan fingerprint density at radius 1 is 1.38 bits per heavy atom. The molecule has 0 saturated carbocycles. The molecule has 4 rings (SSSR count). The van der Waals surface area contributed by atoms with E-state index >= 15 is 0 Å². The lowest BCUT2D eigenvalue weighted by atomic mass is 10.0. The first-order valence-corrected chi connectivity index (χ1v) is 12.2. The molecule has 10 heteroatoms. The Kier molecular flexibility index (Phi) is 7.26. The van der Waals surface area contributed by atoms with E-state index in [0.29, 0.717) is 28.5 Å². The lowest BCUT2D eigenvalue weighted by Crippen LogP contribution is -2.44. The third-order valence-electron chi connectivity index (χ3n) is 6.13. The molecule has 4 heterocycles. The number of nitriles is 1. The van der Waals surface area contributed by atoms with Crippen molar-refractivity contribution in [3.63, 3.8) is 0 Å². The van der Waals surface area contributed by atoms with Crippen LogP contribution in [0.1, 0.15) is 58.9 Å². The molecule has 0 aromatic carbocycles. The summed E-state index contributed by atoms with van der Waals surface area (Å²) in [7, 11) is 0. The zero-order chi connectivity index (χ0) is 24.2. The van der Waals surface area contributed by atoms with Gasteiger partial charge in [-0.05, 0) is 43.0 Å². The van der Waals surface area contributed by atoms with Gasteiger partial charge < -0.3 is 26.2 Å². The second-order valence-electron chi connectivity index (χ2n) is 8.46. The van der Waals surface area contributed by atoms with Crippen molar-refractivity contribution < 1.29 is 15.0 Å². The molecule has 1 atom stereocenters. The molecular formula is C24H28N6O3S. The van der Waals surface area contributed by atoms with Crippen molar-refractivity contribution >= 4 is 39.0 Å². The topological polar surface area (TPSA) is 148 Å². The Morgan fingerprint density at radius 3 is 2.82 bits per heavy atom. The zero-order valence-corrected chi connectivity index (χ0v) is 19.8. The van der Waals surface area contributed by atoms with Gasteiger partial charge >= 0.3 is 5.97 Å². The first-order chi connectivity index (χ1) is 16.4. The normalized spacial score (nSPS) is 15.4. The largest absolute Gasteiger partial charge is 0.477 e. The Balaban J connectivity index is 1.42. The standard InChI is InChI=1S/C24H28N6O3S/c1-2-4-14-11-19(29-23-20(14)21(26)22(34-23)24(32)33)30-9-7-15(8-10-30)27-13-18(31)17-6-3-5-16(12-25)28-17/h3,5-6,11,15,18,27,31H,2,4,7-10,13,26H2,1H3,(H,32,33). The highest BCUT2D eigenvalue weighted by Crippen LogP contribution is 2.37. The van der Waals surface area contributed by atoms with E-state index in [0.717, 1.165) is 66.9 Å². The number of aromatic carboxylic acids is 1. The van der Waals surface area contributed by atoms with Gasteiger partial charge in [0.25, 0.3) is 0 Å². The second-order valence-corrected chi connectivity index (χ2v) is 9.46. The number of rotatable bonds is 8. The molecule has 1 unspecified atom stereocenters. The van der Waals surface area contributed by atoms with Crippen LogP contribution in [0, 0.1) is 11.3 Å². The molecule has 178 valence electrons. The third kappa shape index (κ3) is 4.97. The Morgan fingerprint density at radius 2 is 2.15 bits per heavy atom. The molecule has 0 bridgehead atoms. The molecule has 3 aromatic rings.